The second-order valence-corrected chi connectivity index (χ2v) is 6.71. The van der Waals surface area contributed by atoms with Crippen molar-refractivity contribution in [2.75, 3.05) is 12.3 Å². The van der Waals surface area contributed by atoms with Crippen LogP contribution in [0.25, 0.3) is 11.5 Å². The molecule has 21 heavy (non-hydrogen) atoms. The molecule has 0 aliphatic carbocycles. The molecule has 0 unspecified atom stereocenters. The lowest BCUT2D eigenvalue weighted by Gasteiger charge is -2.03. The molecule has 1 aromatic heterocycles. The van der Waals surface area contributed by atoms with Gasteiger partial charge in [-0.3, -0.25) is 0 Å². The third kappa shape index (κ3) is 4.37. The fourth-order valence-electron chi connectivity index (χ4n) is 1.93. The highest BCUT2D eigenvalue weighted by Crippen LogP contribution is 2.21. The number of sulfonamides is 1. The van der Waals surface area contributed by atoms with Crippen molar-refractivity contribution < 1.29 is 12.8 Å². The highest BCUT2D eigenvalue weighted by atomic mass is 32.2. The number of nitrogens with zero attached hydrogens (tertiary/aromatic N) is 2. The standard InChI is InChI=1S/C14H19N3O3S/c1-3-10-21(18,19)15-9-8-13-16-17-14(20-13)12-7-5-4-6-11(12)2/h4-7,15H,3,8-10H2,1-2H3. The van der Waals surface area contributed by atoms with Gasteiger partial charge in [-0.15, -0.1) is 10.2 Å². The molecule has 0 atom stereocenters. The van der Waals surface area contributed by atoms with Gasteiger partial charge in [0.1, 0.15) is 0 Å². The first-order chi connectivity index (χ1) is 10.0. The second kappa shape index (κ2) is 6.82. The van der Waals surface area contributed by atoms with Gasteiger partial charge in [0, 0.05) is 18.5 Å². The average Bonchev–Trinajstić information content (AvgIpc) is 2.87. The van der Waals surface area contributed by atoms with Gasteiger partial charge in [0.2, 0.25) is 21.8 Å². The first-order valence-corrected chi connectivity index (χ1v) is 8.53. The summed E-state index contributed by atoms with van der Waals surface area (Å²) in [6.45, 7) is 4.06. The van der Waals surface area contributed by atoms with Crippen molar-refractivity contribution in [3.63, 3.8) is 0 Å². The number of aromatic nitrogens is 2. The van der Waals surface area contributed by atoms with Crippen LogP contribution in [0.5, 0.6) is 0 Å². The maximum absolute atomic E-state index is 11.5. The summed E-state index contributed by atoms with van der Waals surface area (Å²) in [5.74, 6) is 1.01. The summed E-state index contributed by atoms with van der Waals surface area (Å²) in [7, 11) is -3.19. The van der Waals surface area contributed by atoms with Crippen molar-refractivity contribution in [1.29, 1.82) is 0 Å². The molecule has 2 rings (SSSR count). The van der Waals surface area contributed by atoms with Crippen LogP contribution < -0.4 is 4.72 Å². The molecular weight excluding hydrogens is 290 g/mol. The number of benzene rings is 1. The number of rotatable bonds is 7. The van der Waals surface area contributed by atoms with Gasteiger partial charge < -0.3 is 4.42 Å². The third-order valence-electron chi connectivity index (χ3n) is 2.98. The van der Waals surface area contributed by atoms with E-state index in [-0.39, 0.29) is 12.3 Å². The molecule has 0 fully saturated rings. The molecule has 0 amide bonds. The zero-order valence-electron chi connectivity index (χ0n) is 12.2. The monoisotopic (exact) mass is 309 g/mol. The van der Waals surface area contributed by atoms with Crippen molar-refractivity contribution in [2.45, 2.75) is 26.7 Å². The molecule has 1 aromatic carbocycles. The van der Waals surface area contributed by atoms with E-state index in [4.69, 9.17) is 4.42 Å². The van der Waals surface area contributed by atoms with Gasteiger partial charge in [-0.2, -0.15) is 0 Å². The minimum Gasteiger partial charge on any atom is -0.421 e. The highest BCUT2D eigenvalue weighted by Gasteiger charge is 2.12. The Morgan fingerprint density at radius 1 is 1.24 bits per heavy atom. The molecule has 0 saturated heterocycles. The van der Waals surface area contributed by atoms with Crippen LogP contribution in [0.3, 0.4) is 0 Å². The summed E-state index contributed by atoms with van der Waals surface area (Å²) in [6.07, 6.45) is 0.967. The molecule has 0 aliphatic rings. The Labute approximate surface area is 124 Å². The first-order valence-electron chi connectivity index (χ1n) is 6.87. The van der Waals surface area contributed by atoms with Crippen LogP contribution >= 0.6 is 0 Å². The van der Waals surface area contributed by atoms with E-state index in [1.165, 1.54) is 0 Å². The minimum absolute atomic E-state index is 0.130. The van der Waals surface area contributed by atoms with E-state index in [1.54, 1.807) is 0 Å². The van der Waals surface area contributed by atoms with E-state index in [2.05, 4.69) is 14.9 Å². The van der Waals surface area contributed by atoms with Gasteiger partial charge in [-0.1, -0.05) is 25.1 Å². The van der Waals surface area contributed by atoms with Crippen LogP contribution in [0.15, 0.2) is 28.7 Å². The van der Waals surface area contributed by atoms with Crippen LogP contribution in [0, 0.1) is 6.92 Å². The largest absolute Gasteiger partial charge is 0.421 e. The van der Waals surface area contributed by atoms with Gasteiger partial charge >= 0.3 is 0 Å². The molecule has 0 saturated carbocycles. The SMILES string of the molecule is CCCS(=O)(=O)NCCc1nnc(-c2ccccc2C)o1. The van der Waals surface area contributed by atoms with E-state index < -0.39 is 10.0 Å². The molecular formula is C14H19N3O3S. The number of hydrogen-bond donors (Lipinski definition) is 1. The molecule has 6 nitrogen and oxygen atoms in total. The van der Waals surface area contributed by atoms with Crippen molar-refractivity contribution in [3.05, 3.63) is 35.7 Å². The quantitative estimate of drug-likeness (QED) is 0.844. The average molecular weight is 309 g/mol. The van der Waals surface area contributed by atoms with Crippen LogP contribution in [0.2, 0.25) is 0 Å². The van der Waals surface area contributed by atoms with E-state index in [1.807, 2.05) is 38.1 Å². The Balaban J connectivity index is 1.97. The Hall–Kier alpha value is -1.73. The summed E-state index contributed by atoms with van der Waals surface area (Å²) in [5.41, 5.74) is 1.94. The zero-order valence-corrected chi connectivity index (χ0v) is 13.0. The minimum atomic E-state index is -3.19. The number of nitrogens with one attached hydrogen (secondary N) is 1. The predicted molar refractivity (Wildman–Crippen MR) is 80.3 cm³/mol. The molecule has 0 bridgehead atoms. The number of aryl methyl sites for hydroxylation is 1. The molecule has 0 aliphatic heterocycles. The van der Waals surface area contributed by atoms with Crippen LogP contribution in [0.1, 0.15) is 24.8 Å². The van der Waals surface area contributed by atoms with Gasteiger partial charge in [-0.25, -0.2) is 13.1 Å². The normalized spacial score (nSPS) is 11.7. The molecule has 1 heterocycles. The molecule has 0 radical (unpaired) electrons. The molecule has 0 spiro atoms. The lowest BCUT2D eigenvalue weighted by atomic mass is 10.1. The van der Waals surface area contributed by atoms with E-state index in [0.29, 0.717) is 24.6 Å². The Bertz CT molecular complexity index is 695. The molecule has 7 heteroatoms. The van der Waals surface area contributed by atoms with Crippen molar-refractivity contribution in [3.8, 4) is 11.5 Å². The Morgan fingerprint density at radius 3 is 2.71 bits per heavy atom. The lowest BCUT2D eigenvalue weighted by molar-refractivity contribution is 0.501. The topological polar surface area (TPSA) is 85.1 Å². The van der Waals surface area contributed by atoms with Gasteiger partial charge in [0.05, 0.1) is 5.75 Å². The summed E-state index contributed by atoms with van der Waals surface area (Å²) in [5, 5.41) is 7.95. The maximum atomic E-state index is 11.5. The Morgan fingerprint density at radius 2 is 2.00 bits per heavy atom. The maximum Gasteiger partial charge on any atom is 0.247 e. The summed E-state index contributed by atoms with van der Waals surface area (Å²) in [6, 6.07) is 7.73. The number of hydrogen-bond acceptors (Lipinski definition) is 5. The van der Waals surface area contributed by atoms with Gasteiger partial charge in [0.15, 0.2) is 0 Å². The van der Waals surface area contributed by atoms with E-state index in [0.717, 1.165) is 11.1 Å². The summed E-state index contributed by atoms with van der Waals surface area (Å²) >= 11 is 0. The summed E-state index contributed by atoms with van der Waals surface area (Å²) in [4.78, 5) is 0. The first kappa shape index (κ1) is 15.7. The second-order valence-electron chi connectivity index (χ2n) is 4.78. The third-order valence-corrected chi connectivity index (χ3v) is 4.57. The lowest BCUT2D eigenvalue weighted by Crippen LogP contribution is -2.28. The fourth-order valence-corrected chi connectivity index (χ4v) is 3.03. The molecule has 1 N–H and O–H groups in total. The fraction of sp³-hybridized carbons (Fsp3) is 0.429. The van der Waals surface area contributed by atoms with Crippen molar-refractivity contribution >= 4 is 10.0 Å². The van der Waals surface area contributed by atoms with Gasteiger partial charge in [0.25, 0.3) is 0 Å². The molecule has 114 valence electrons. The van der Waals surface area contributed by atoms with E-state index in [9.17, 15) is 8.42 Å². The smallest absolute Gasteiger partial charge is 0.247 e. The van der Waals surface area contributed by atoms with Crippen LogP contribution in [-0.2, 0) is 16.4 Å². The van der Waals surface area contributed by atoms with Crippen LogP contribution in [0.4, 0.5) is 0 Å². The van der Waals surface area contributed by atoms with Gasteiger partial charge in [-0.05, 0) is 25.0 Å². The van der Waals surface area contributed by atoms with E-state index >= 15 is 0 Å². The van der Waals surface area contributed by atoms with Crippen molar-refractivity contribution in [2.24, 2.45) is 0 Å². The predicted octanol–water partition coefficient (Wildman–Crippen LogP) is 1.92. The summed E-state index contributed by atoms with van der Waals surface area (Å²) < 4.78 is 31.1. The molecule has 2 aromatic rings. The zero-order chi connectivity index (χ0) is 15.3. The Kier molecular flexibility index (Phi) is 5.08. The van der Waals surface area contributed by atoms with Crippen molar-refractivity contribution in [1.82, 2.24) is 14.9 Å². The highest BCUT2D eigenvalue weighted by molar-refractivity contribution is 7.89. The van der Waals surface area contributed by atoms with Crippen LogP contribution in [-0.4, -0.2) is 30.9 Å².